The van der Waals surface area contributed by atoms with Gasteiger partial charge in [-0.15, -0.1) is 0 Å². The first-order valence-corrected chi connectivity index (χ1v) is 12.0. The van der Waals surface area contributed by atoms with Crippen LogP contribution in [0.2, 0.25) is 0 Å². The second kappa shape index (κ2) is 10.8. The number of carboxylic acid groups (broad SMARTS) is 1. The van der Waals surface area contributed by atoms with E-state index in [-0.39, 0.29) is 54.5 Å². The van der Waals surface area contributed by atoms with Gasteiger partial charge in [-0.25, -0.2) is 0 Å². The van der Waals surface area contributed by atoms with E-state index in [1.807, 2.05) is 6.08 Å². The number of allylic oxidation sites excluding steroid dienone is 2. The van der Waals surface area contributed by atoms with Crippen LogP contribution in [0.15, 0.2) is 12.2 Å². The van der Waals surface area contributed by atoms with E-state index in [4.69, 9.17) is 14.6 Å². The van der Waals surface area contributed by atoms with Gasteiger partial charge in [0, 0.05) is 25.3 Å². The molecule has 3 heterocycles. The lowest BCUT2D eigenvalue weighted by molar-refractivity contribution is -0.137. The molecule has 3 rings (SSSR count). The Morgan fingerprint density at radius 3 is 2.31 bits per heavy atom. The average molecular weight is 451 g/mol. The molecule has 180 valence electrons. The maximum atomic E-state index is 12.8. The van der Waals surface area contributed by atoms with E-state index in [9.17, 15) is 14.4 Å². The van der Waals surface area contributed by atoms with Gasteiger partial charge in [-0.1, -0.05) is 31.9 Å². The monoisotopic (exact) mass is 450 g/mol. The highest BCUT2D eigenvalue weighted by atomic mass is 16.7. The normalized spacial score (nSPS) is 30.3. The fourth-order valence-electron chi connectivity index (χ4n) is 4.93. The van der Waals surface area contributed by atoms with E-state index in [1.54, 1.807) is 13.8 Å². The van der Waals surface area contributed by atoms with E-state index < -0.39 is 11.5 Å². The summed E-state index contributed by atoms with van der Waals surface area (Å²) in [7, 11) is 0. The van der Waals surface area contributed by atoms with Gasteiger partial charge < -0.3 is 25.2 Å². The Bertz CT molecular complexity index is 721. The van der Waals surface area contributed by atoms with Crippen molar-refractivity contribution in [3.63, 3.8) is 0 Å². The van der Waals surface area contributed by atoms with Crippen LogP contribution in [0.1, 0.15) is 72.1 Å². The van der Waals surface area contributed by atoms with Crippen LogP contribution in [-0.4, -0.2) is 59.4 Å². The first-order chi connectivity index (χ1) is 15.2. The Morgan fingerprint density at radius 1 is 0.938 bits per heavy atom. The molecule has 3 N–H and O–H groups in total. The first kappa shape index (κ1) is 24.7. The summed E-state index contributed by atoms with van der Waals surface area (Å²) in [5, 5.41) is 14.6. The Labute approximate surface area is 190 Å². The maximum absolute atomic E-state index is 12.8. The number of aliphatic carboxylic acids is 1. The predicted molar refractivity (Wildman–Crippen MR) is 119 cm³/mol. The number of carbonyl (C=O) groups excluding carboxylic acids is 2. The van der Waals surface area contributed by atoms with Crippen molar-refractivity contribution in [1.29, 1.82) is 0 Å². The van der Waals surface area contributed by atoms with Crippen LogP contribution < -0.4 is 10.6 Å². The number of hydrogen-bond donors (Lipinski definition) is 3. The second-order valence-electron chi connectivity index (χ2n) is 9.79. The van der Waals surface area contributed by atoms with E-state index in [1.165, 1.54) is 0 Å². The number of fused-ring (bicyclic) bond motifs is 5. The molecule has 8 heteroatoms. The van der Waals surface area contributed by atoms with E-state index in [0.717, 1.165) is 32.1 Å². The number of nitrogens with one attached hydrogen (secondary N) is 2. The summed E-state index contributed by atoms with van der Waals surface area (Å²) in [6.45, 7) is 6.04. The van der Waals surface area contributed by atoms with E-state index in [0.29, 0.717) is 19.4 Å². The van der Waals surface area contributed by atoms with Crippen LogP contribution in [-0.2, 0) is 23.9 Å². The first-order valence-electron chi connectivity index (χ1n) is 12.0. The molecule has 0 saturated carbocycles. The van der Waals surface area contributed by atoms with Gasteiger partial charge in [0.25, 0.3) is 0 Å². The summed E-state index contributed by atoms with van der Waals surface area (Å²) in [5.74, 6) is -0.644. The van der Waals surface area contributed by atoms with Gasteiger partial charge >= 0.3 is 5.97 Å². The average Bonchev–Trinajstić information content (AvgIpc) is 3.35. The number of ether oxygens (including phenoxy) is 2. The zero-order chi connectivity index (χ0) is 23.3. The Balaban J connectivity index is 1.47. The lowest BCUT2D eigenvalue weighted by Gasteiger charge is -2.29. The third kappa shape index (κ3) is 6.10. The fraction of sp³-hybridized carbons (Fsp3) is 0.792. The second-order valence-corrected chi connectivity index (χ2v) is 9.79. The SMILES string of the molecule is CCCCCC(=O)NC(C)(C)C(=O)NC[C@@H]1[C@H](CC=CCCCC(=O)O)[C@H]2O[C@@H]1[C@H]1O[C@H]12. The minimum atomic E-state index is -0.972. The van der Waals surface area contributed by atoms with E-state index >= 15 is 0 Å². The highest BCUT2D eigenvalue weighted by Crippen LogP contribution is 2.54. The topological polar surface area (TPSA) is 117 Å². The third-order valence-corrected chi connectivity index (χ3v) is 6.78. The van der Waals surface area contributed by atoms with Crippen molar-refractivity contribution >= 4 is 17.8 Å². The smallest absolute Gasteiger partial charge is 0.303 e. The quantitative estimate of drug-likeness (QED) is 0.213. The van der Waals surface area contributed by atoms with Crippen LogP contribution in [0.25, 0.3) is 0 Å². The Kier molecular flexibility index (Phi) is 8.33. The molecule has 3 saturated heterocycles. The third-order valence-electron chi connectivity index (χ3n) is 6.78. The summed E-state index contributed by atoms with van der Waals surface area (Å²) >= 11 is 0. The van der Waals surface area contributed by atoms with Crippen LogP contribution in [0, 0.1) is 11.8 Å². The highest BCUT2D eigenvalue weighted by Gasteiger charge is 2.68. The fourth-order valence-corrected chi connectivity index (χ4v) is 4.93. The van der Waals surface area contributed by atoms with Gasteiger partial charge in [0.15, 0.2) is 0 Å². The largest absolute Gasteiger partial charge is 0.481 e. The number of carboxylic acids is 1. The molecule has 0 spiro atoms. The molecular formula is C24H38N2O6. The summed E-state index contributed by atoms with van der Waals surface area (Å²) in [4.78, 5) is 35.6. The molecule has 0 aliphatic carbocycles. The van der Waals surface area contributed by atoms with Crippen LogP contribution in [0.5, 0.6) is 0 Å². The van der Waals surface area contributed by atoms with Gasteiger partial charge in [0.2, 0.25) is 11.8 Å². The summed E-state index contributed by atoms with van der Waals surface area (Å²) in [6.07, 6.45) is 10.2. The van der Waals surface area contributed by atoms with Crippen molar-refractivity contribution < 1.29 is 29.0 Å². The summed E-state index contributed by atoms with van der Waals surface area (Å²) in [6, 6.07) is 0. The Hall–Kier alpha value is -1.93. The minimum absolute atomic E-state index is 0.00228. The molecule has 0 aromatic rings. The number of amides is 2. The molecule has 3 fully saturated rings. The molecule has 8 nitrogen and oxygen atoms in total. The van der Waals surface area contributed by atoms with Crippen LogP contribution >= 0.6 is 0 Å². The maximum Gasteiger partial charge on any atom is 0.303 e. The highest BCUT2D eigenvalue weighted by molar-refractivity contribution is 5.90. The molecule has 3 aliphatic rings. The van der Waals surface area contributed by atoms with Gasteiger partial charge in [0.05, 0.1) is 12.2 Å². The number of rotatable bonds is 14. The van der Waals surface area contributed by atoms with Crippen LogP contribution in [0.4, 0.5) is 0 Å². The lowest BCUT2D eigenvalue weighted by Crippen LogP contribution is -2.56. The van der Waals surface area contributed by atoms with Crippen LogP contribution in [0.3, 0.4) is 0 Å². The summed E-state index contributed by atoms with van der Waals surface area (Å²) in [5.41, 5.74) is -0.972. The van der Waals surface area contributed by atoms with Crippen molar-refractivity contribution in [1.82, 2.24) is 10.6 Å². The van der Waals surface area contributed by atoms with Crippen molar-refractivity contribution in [2.24, 2.45) is 11.8 Å². The molecule has 32 heavy (non-hydrogen) atoms. The molecule has 0 unspecified atom stereocenters. The minimum Gasteiger partial charge on any atom is -0.481 e. The van der Waals surface area contributed by atoms with Gasteiger partial charge in [-0.3, -0.25) is 14.4 Å². The molecular weight excluding hydrogens is 412 g/mol. The number of carbonyl (C=O) groups is 3. The molecule has 2 bridgehead atoms. The zero-order valence-corrected chi connectivity index (χ0v) is 19.5. The summed E-state index contributed by atoms with van der Waals surface area (Å²) < 4.78 is 11.9. The Morgan fingerprint density at radius 2 is 1.62 bits per heavy atom. The lowest BCUT2D eigenvalue weighted by atomic mass is 9.77. The number of hydrogen-bond acceptors (Lipinski definition) is 5. The van der Waals surface area contributed by atoms with Crippen molar-refractivity contribution in [3.8, 4) is 0 Å². The number of epoxide rings is 1. The van der Waals surface area contributed by atoms with Crippen molar-refractivity contribution in [3.05, 3.63) is 12.2 Å². The molecule has 0 aromatic heterocycles. The van der Waals surface area contributed by atoms with Crippen molar-refractivity contribution in [2.45, 2.75) is 102 Å². The van der Waals surface area contributed by atoms with Gasteiger partial charge in [-0.2, -0.15) is 0 Å². The molecule has 6 atom stereocenters. The zero-order valence-electron chi connectivity index (χ0n) is 19.5. The van der Waals surface area contributed by atoms with E-state index in [2.05, 4.69) is 23.6 Å². The standard InChI is InChI=1S/C24H38N2O6/c1-4-5-8-12-17(27)26-24(2,3)23(30)25-14-16-15(11-9-6-7-10-13-18(28)29)19-21-22(32-21)20(16)31-19/h6,9,15-16,19-22H,4-5,7-8,10-14H2,1-3H3,(H,25,30)(H,26,27)(H,28,29)/t15-,16+,19+,20-,21-,22+/m0/s1. The molecule has 0 aromatic carbocycles. The van der Waals surface area contributed by atoms with Gasteiger partial charge in [0.1, 0.15) is 17.7 Å². The molecule has 0 radical (unpaired) electrons. The van der Waals surface area contributed by atoms with Gasteiger partial charge in [-0.05, 0) is 45.4 Å². The number of unbranched alkanes of at least 4 members (excludes halogenated alkanes) is 3. The van der Waals surface area contributed by atoms with Crippen molar-refractivity contribution in [2.75, 3.05) is 6.54 Å². The molecule has 3 aliphatic heterocycles. The predicted octanol–water partition coefficient (Wildman–Crippen LogP) is 2.56. The molecule has 2 amide bonds.